The number of nitrogen functional groups attached to an aromatic ring is 1. The Morgan fingerprint density at radius 3 is 2.57 bits per heavy atom. The van der Waals surface area contributed by atoms with Gasteiger partial charge in [0.25, 0.3) is 0 Å². The minimum absolute atomic E-state index is 0.0480. The standard InChI is InChI=1S/C20H25F2N4O8P/c1-11(2)15(17(28)29)25-35(31,34-12-6-4-3-5-7-12)32-10-13-16(27)20(21,22)18(33-13)26-9-8-14(23)24-19(26)30/h3-9,11,13,15-16,18,27H,10H2,1-2H3,(H,25,31)(H,28,29)(H2,23,24,30)/t13-,15+,16-,18-,35?/m1/s1. The molecule has 1 aromatic heterocycles. The molecular weight excluding hydrogens is 493 g/mol. The third-order valence-electron chi connectivity index (χ3n) is 5.09. The number of nitrogens with one attached hydrogen (secondary N) is 1. The van der Waals surface area contributed by atoms with Crippen molar-refractivity contribution in [3.05, 3.63) is 53.1 Å². The fourth-order valence-electron chi connectivity index (χ4n) is 3.25. The third-order valence-corrected chi connectivity index (χ3v) is 6.63. The van der Waals surface area contributed by atoms with Crippen LogP contribution in [0.3, 0.4) is 0 Å². The summed E-state index contributed by atoms with van der Waals surface area (Å²) in [4.78, 5) is 27.0. The van der Waals surface area contributed by atoms with Gasteiger partial charge in [0.15, 0.2) is 6.10 Å². The Kier molecular flexibility index (Phi) is 7.92. The van der Waals surface area contributed by atoms with Crippen LogP contribution in [0.1, 0.15) is 20.1 Å². The summed E-state index contributed by atoms with van der Waals surface area (Å²) in [7, 11) is -4.50. The molecular formula is C20H25F2N4O8P. The van der Waals surface area contributed by atoms with E-state index in [9.17, 15) is 33.1 Å². The van der Waals surface area contributed by atoms with Crippen molar-refractivity contribution < 1.29 is 42.1 Å². The minimum atomic E-state index is -4.50. The Bertz CT molecular complexity index is 1150. The van der Waals surface area contributed by atoms with E-state index in [-0.39, 0.29) is 11.6 Å². The topological polar surface area (TPSA) is 175 Å². The van der Waals surface area contributed by atoms with Gasteiger partial charge >= 0.3 is 25.3 Å². The van der Waals surface area contributed by atoms with Crippen molar-refractivity contribution in [3.8, 4) is 5.75 Å². The van der Waals surface area contributed by atoms with Crippen molar-refractivity contribution in [1.82, 2.24) is 14.6 Å². The van der Waals surface area contributed by atoms with Gasteiger partial charge in [0.05, 0.1) is 6.61 Å². The number of nitrogens with two attached hydrogens (primary N) is 1. The molecule has 35 heavy (non-hydrogen) atoms. The lowest BCUT2D eigenvalue weighted by molar-refractivity contribution is -0.141. The number of carbonyl (C=O) groups is 1. The number of hydrogen-bond donors (Lipinski definition) is 4. The van der Waals surface area contributed by atoms with Gasteiger partial charge in [0.1, 0.15) is 23.7 Å². The monoisotopic (exact) mass is 518 g/mol. The first-order valence-corrected chi connectivity index (χ1v) is 11.9. The second-order valence-electron chi connectivity index (χ2n) is 8.08. The van der Waals surface area contributed by atoms with Crippen LogP contribution in [0.4, 0.5) is 14.6 Å². The number of halogens is 2. The largest absolute Gasteiger partial charge is 0.480 e. The normalized spacial score (nSPS) is 24.1. The van der Waals surface area contributed by atoms with E-state index in [2.05, 4.69) is 10.1 Å². The number of para-hydroxylation sites is 1. The number of anilines is 1. The van der Waals surface area contributed by atoms with Crippen molar-refractivity contribution in [3.63, 3.8) is 0 Å². The zero-order chi connectivity index (χ0) is 26.0. The highest BCUT2D eigenvalue weighted by molar-refractivity contribution is 7.52. The highest BCUT2D eigenvalue weighted by atomic mass is 31.2. The molecule has 0 aliphatic carbocycles. The number of aliphatic hydroxyl groups is 1. The summed E-state index contributed by atoms with van der Waals surface area (Å²) in [5.41, 5.74) is 4.24. The van der Waals surface area contributed by atoms with Gasteiger partial charge in [-0.1, -0.05) is 32.0 Å². The van der Waals surface area contributed by atoms with E-state index in [4.69, 9.17) is 19.5 Å². The lowest BCUT2D eigenvalue weighted by atomic mass is 10.1. The lowest BCUT2D eigenvalue weighted by Crippen LogP contribution is -2.42. The first-order valence-electron chi connectivity index (χ1n) is 10.4. The van der Waals surface area contributed by atoms with E-state index in [0.717, 1.165) is 12.3 Å². The molecule has 1 aromatic carbocycles. The Hall–Kier alpha value is -2.90. The van der Waals surface area contributed by atoms with Crippen LogP contribution in [0, 0.1) is 5.92 Å². The molecule has 2 heterocycles. The summed E-state index contributed by atoms with van der Waals surface area (Å²) in [5.74, 6) is -6.02. The number of ether oxygens (including phenoxy) is 1. The zero-order valence-corrected chi connectivity index (χ0v) is 19.5. The van der Waals surface area contributed by atoms with Crippen molar-refractivity contribution in [1.29, 1.82) is 0 Å². The van der Waals surface area contributed by atoms with Crippen LogP contribution in [0.2, 0.25) is 0 Å². The van der Waals surface area contributed by atoms with Gasteiger partial charge in [0.2, 0.25) is 6.23 Å². The maximum absolute atomic E-state index is 14.8. The molecule has 0 spiro atoms. The van der Waals surface area contributed by atoms with E-state index in [1.165, 1.54) is 12.1 Å². The molecule has 5 atom stereocenters. The highest BCUT2D eigenvalue weighted by Crippen LogP contribution is 2.48. The molecule has 1 saturated heterocycles. The SMILES string of the molecule is CC(C)[C@H](NP(=O)(OC[C@H]1O[C@@H](n2ccc(N)nc2=O)C(F)(F)[C@@H]1O)Oc1ccccc1)C(=O)O. The molecule has 192 valence electrons. The number of rotatable bonds is 10. The van der Waals surface area contributed by atoms with Gasteiger partial charge in [-0.25, -0.2) is 9.36 Å². The Labute approximate surface area is 198 Å². The second kappa shape index (κ2) is 10.4. The molecule has 0 saturated carbocycles. The smallest absolute Gasteiger partial charge is 0.459 e. The van der Waals surface area contributed by atoms with Crippen molar-refractivity contribution >= 4 is 19.5 Å². The quantitative estimate of drug-likeness (QED) is 0.336. The molecule has 1 fully saturated rings. The number of alkyl halides is 2. The average molecular weight is 518 g/mol. The van der Waals surface area contributed by atoms with Crippen LogP contribution in [0.25, 0.3) is 0 Å². The lowest BCUT2D eigenvalue weighted by Gasteiger charge is -2.26. The summed E-state index contributed by atoms with van der Waals surface area (Å²) < 4.78 is 59.3. The summed E-state index contributed by atoms with van der Waals surface area (Å²) in [6, 6.07) is 7.34. The second-order valence-corrected chi connectivity index (χ2v) is 9.77. The van der Waals surface area contributed by atoms with Crippen LogP contribution in [-0.4, -0.2) is 56.5 Å². The number of aromatic nitrogens is 2. The van der Waals surface area contributed by atoms with Gasteiger partial charge in [-0.05, 0) is 24.1 Å². The first-order chi connectivity index (χ1) is 16.3. The number of benzene rings is 1. The van der Waals surface area contributed by atoms with Gasteiger partial charge in [0, 0.05) is 6.20 Å². The van der Waals surface area contributed by atoms with Crippen molar-refractivity contribution in [2.24, 2.45) is 5.92 Å². The fraction of sp³-hybridized carbons (Fsp3) is 0.450. The number of hydrogen-bond acceptors (Lipinski definition) is 9. The maximum Gasteiger partial charge on any atom is 0.459 e. The number of carboxylic acid groups (broad SMARTS) is 1. The third kappa shape index (κ3) is 6.03. The van der Waals surface area contributed by atoms with Gasteiger partial charge in [-0.2, -0.15) is 18.9 Å². The molecule has 15 heteroatoms. The van der Waals surface area contributed by atoms with Crippen molar-refractivity contribution in [2.75, 3.05) is 12.3 Å². The molecule has 0 radical (unpaired) electrons. The van der Waals surface area contributed by atoms with Gasteiger partial charge < -0.3 is 25.2 Å². The van der Waals surface area contributed by atoms with E-state index in [1.54, 1.807) is 32.0 Å². The van der Waals surface area contributed by atoms with E-state index < -0.39 is 62.3 Å². The number of aliphatic carboxylic acids is 1. The molecule has 0 amide bonds. The van der Waals surface area contributed by atoms with Crippen LogP contribution in [0.15, 0.2) is 47.4 Å². The molecule has 1 unspecified atom stereocenters. The predicted molar refractivity (Wildman–Crippen MR) is 118 cm³/mol. The first kappa shape index (κ1) is 26.7. The van der Waals surface area contributed by atoms with Crippen LogP contribution >= 0.6 is 7.75 Å². The average Bonchev–Trinajstić information content (AvgIpc) is 3.00. The number of nitrogens with zero attached hydrogens (tertiary/aromatic N) is 2. The van der Waals surface area contributed by atoms with Crippen LogP contribution < -0.4 is 21.0 Å². The Morgan fingerprint density at radius 1 is 1.34 bits per heavy atom. The van der Waals surface area contributed by atoms with Gasteiger partial charge in [-0.15, -0.1) is 0 Å². The molecule has 12 nitrogen and oxygen atoms in total. The summed E-state index contributed by atoms with van der Waals surface area (Å²) in [6.45, 7) is 2.20. The number of carboxylic acids is 1. The summed E-state index contributed by atoms with van der Waals surface area (Å²) in [5, 5.41) is 21.9. The maximum atomic E-state index is 14.8. The fourth-order valence-corrected chi connectivity index (χ4v) is 4.92. The molecule has 2 aromatic rings. The highest BCUT2D eigenvalue weighted by Gasteiger charge is 2.60. The minimum Gasteiger partial charge on any atom is -0.480 e. The molecule has 3 rings (SSSR count). The van der Waals surface area contributed by atoms with Crippen LogP contribution in [-0.2, 0) is 18.6 Å². The Morgan fingerprint density at radius 2 is 2.00 bits per heavy atom. The van der Waals surface area contributed by atoms with E-state index >= 15 is 0 Å². The molecule has 1 aliphatic heterocycles. The van der Waals surface area contributed by atoms with E-state index in [1.807, 2.05) is 0 Å². The zero-order valence-electron chi connectivity index (χ0n) is 18.7. The number of aliphatic hydroxyl groups excluding tert-OH is 1. The predicted octanol–water partition coefficient (Wildman–Crippen LogP) is 1.62. The van der Waals surface area contributed by atoms with Gasteiger partial charge in [-0.3, -0.25) is 13.9 Å². The summed E-state index contributed by atoms with van der Waals surface area (Å²) >= 11 is 0. The molecule has 5 N–H and O–H groups in total. The Balaban J connectivity index is 1.83. The van der Waals surface area contributed by atoms with E-state index in [0.29, 0.717) is 4.57 Å². The molecule has 1 aliphatic rings. The van der Waals surface area contributed by atoms with Crippen LogP contribution in [0.5, 0.6) is 5.75 Å². The molecule has 0 bridgehead atoms. The summed E-state index contributed by atoms with van der Waals surface area (Å²) in [6.07, 6.45) is -5.56. The van der Waals surface area contributed by atoms with Crippen molar-refractivity contribution in [2.45, 2.75) is 44.2 Å².